The lowest BCUT2D eigenvalue weighted by Gasteiger charge is -2.15. The summed E-state index contributed by atoms with van der Waals surface area (Å²) in [5, 5.41) is 14.8. The molecule has 184 valence electrons. The molecule has 0 bridgehead atoms. The van der Waals surface area contributed by atoms with Crippen LogP contribution in [-0.2, 0) is 22.6 Å². The third-order valence-corrected chi connectivity index (χ3v) is 6.72. The average Bonchev–Trinajstić information content (AvgIpc) is 3.60. The molecule has 0 saturated heterocycles. The van der Waals surface area contributed by atoms with Crippen molar-refractivity contribution in [3.63, 3.8) is 0 Å². The van der Waals surface area contributed by atoms with Gasteiger partial charge in [-0.1, -0.05) is 36.7 Å². The van der Waals surface area contributed by atoms with E-state index in [0.29, 0.717) is 41.0 Å². The molecule has 4 N–H and O–H groups in total. The maximum absolute atomic E-state index is 12.8. The Morgan fingerprint density at radius 1 is 1.11 bits per heavy atom. The number of amides is 3. The molecule has 3 aromatic rings. The van der Waals surface area contributed by atoms with Crippen LogP contribution in [0, 0.1) is 0 Å². The molecular formula is C24H28N6O4S. The zero-order valence-electron chi connectivity index (χ0n) is 19.2. The van der Waals surface area contributed by atoms with Crippen LogP contribution in [0.4, 0.5) is 5.69 Å². The van der Waals surface area contributed by atoms with Gasteiger partial charge in [-0.25, -0.2) is 0 Å². The van der Waals surface area contributed by atoms with Gasteiger partial charge >= 0.3 is 0 Å². The Morgan fingerprint density at radius 3 is 2.66 bits per heavy atom. The fraction of sp³-hybridized carbons (Fsp3) is 0.375. The summed E-state index contributed by atoms with van der Waals surface area (Å²) in [4.78, 5) is 36.7. The number of primary amides is 1. The zero-order valence-corrected chi connectivity index (χ0v) is 20.1. The van der Waals surface area contributed by atoms with Crippen LogP contribution in [0.15, 0.2) is 52.2 Å². The lowest BCUT2D eigenvalue weighted by atomic mass is 10.1. The van der Waals surface area contributed by atoms with Crippen molar-refractivity contribution in [1.29, 1.82) is 0 Å². The van der Waals surface area contributed by atoms with Crippen molar-refractivity contribution in [1.82, 2.24) is 20.1 Å². The topological polar surface area (TPSA) is 145 Å². The minimum Gasteiger partial charge on any atom is -0.467 e. The fourth-order valence-electron chi connectivity index (χ4n) is 4.00. The highest BCUT2D eigenvalue weighted by Gasteiger charge is 2.21. The quantitative estimate of drug-likeness (QED) is 0.346. The number of nitrogens with one attached hydrogen (secondary N) is 2. The van der Waals surface area contributed by atoms with Gasteiger partial charge < -0.3 is 20.8 Å². The molecule has 1 aromatic carbocycles. The molecular weight excluding hydrogens is 468 g/mol. The van der Waals surface area contributed by atoms with Crippen molar-refractivity contribution in [3.8, 4) is 0 Å². The Labute approximate surface area is 207 Å². The summed E-state index contributed by atoms with van der Waals surface area (Å²) >= 11 is 1.21. The first kappa shape index (κ1) is 24.5. The van der Waals surface area contributed by atoms with Gasteiger partial charge in [0.05, 0.1) is 29.8 Å². The Bertz CT molecular complexity index is 1170. The minimum absolute atomic E-state index is 0.0602. The molecule has 35 heavy (non-hydrogen) atoms. The van der Waals surface area contributed by atoms with E-state index in [2.05, 4.69) is 20.8 Å². The number of hydrogen-bond donors (Lipinski definition) is 3. The number of aromatic nitrogens is 3. The van der Waals surface area contributed by atoms with Crippen LogP contribution in [0.5, 0.6) is 0 Å². The molecule has 2 aromatic heterocycles. The van der Waals surface area contributed by atoms with E-state index in [0.717, 1.165) is 25.7 Å². The first-order valence-corrected chi connectivity index (χ1v) is 12.5. The predicted octanol–water partition coefficient (Wildman–Crippen LogP) is 2.74. The smallest absolute Gasteiger partial charge is 0.253 e. The molecule has 2 heterocycles. The van der Waals surface area contributed by atoms with E-state index < -0.39 is 5.91 Å². The highest BCUT2D eigenvalue weighted by molar-refractivity contribution is 7.99. The van der Waals surface area contributed by atoms with E-state index in [1.807, 2.05) is 10.6 Å². The number of aryl methyl sites for hydroxylation is 1. The van der Waals surface area contributed by atoms with Crippen LogP contribution in [-0.4, -0.2) is 44.3 Å². The maximum atomic E-state index is 12.8. The first-order valence-electron chi connectivity index (χ1n) is 11.5. The van der Waals surface area contributed by atoms with Gasteiger partial charge in [0.1, 0.15) is 11.6 Å². The standard InChI is InChI=1S/C24H28N6O4S/c25-20(31)11-12-21-28-29-24(30(21)14-17-8-5-13-34-17)35-15-22(32)27-19-10-4-3-9-18(19)23(33)26-16-6-1-2-7-16/h3-5,8-10,13,16H,1-2,6-7,11-12,14-15H2,(H2,25,31)(H,26,33)(H,27,32). The number of rotatable bonds is 11. The van der Waals surface area contributed by atoms with Crippen molar-refractivity contribution < 1.29 is 18.8 Å². The van der Waals surface area contributed by atoms with E-state index in [9.17, 15) is 14.4 Å². The molecule has 4 rings (SSSR count). The van der Waals surface area contributed by atoms with Gasteiger partial charge in [0.2, 0.25) is 11.8 Å². The number of nitrogens with two attached hydrogens (primary N) is 1. The van der Waals surface area contributed by atoms with Gasteiger partial charge in [-0.05, 0) is 37.1 Å². The number of carbonyl (C=O) groups excluding carboxylic acids is 3. The van der Waals surface area contributed by atoms with Gasteiger partial charge in [0.15, 0.2) is 5.16 Å². The zero-order chi connectivity index (χ0) is 24.6. The average molecular weight is 497 g/mol. The van der Waals surface area contributed by atoms with Crippen molar-refractivity contribution in [2.75, 3.05) is 11.1 Å². The van der Waals surface area contributed by atoms with Crippen LogP contribution < -0.4 is 16.4 Å². The lowest BCUT2D eigenvalue weighted by Crippen LogP contribution is -2.33. The molecule has 1 saturated carbocycles. The van der Waals surface area contributed by atoms with Crippen molar-refractivity contribution in [3.05, 3.63) is 59.8 Å². The monoisotopic (exact) mass is 496 g/mol. The molecule has 0 atom stereocenters. The van der Waals surface area contributed by atoms with E-state index in [-0.39, 0.29) is 30.0 Å². The largest absolute Gasteiger partial charge is 0.467 e. The number of furan rings is 1. The van der Waals surface area contributed by atoms with E-state index in [1.165, 1.54) is 11.8 Å². The summed E-state index contributed by atoms with van der Waals surface area (Å²) in [5.41, 5.74) is 6.19. The van der Waals surface area contributed by atoms with Crippen LogP contribution in [0.1, 0.15) is 54.0 Å². The minimum atomic E-state index is -0.429. The summed E-state index contributed by atoms with van der Waals surface area (Å²) in [6.45, 7) is 0.363. The Balaban J connectivity index is 1.40. The molecule has 1 fully saturated rings. The van der Waals surface area contributed by atoms with Gasteiger partial charge in [-0.3, -0.25) is 19.0 Å². The summed E-state index contributed by atoms with van der Waals surface area (Å²) in [6.07, 6.45) is 6.25. The molecule has 0 aliphatic heterocycles. The van der Waals surface area contributed by atoms with Crippen molar-refractivity contribution >= 4 is 35.2 Å². The van der Waals surface area contributed by atoms with Gasteiger partial charge in [-0.15, -0.1) is 10.2 Å². The van der Waals surface area contributed by atoms with E-state index in [4.69, 9.17) is 10.2 Å². The molecule has 10 nitrogen and oxygen atoms in total. The number of nitrogens with zero attached hydrogens (tertiary/aromatic N) is 3. The number of para-hydroxylation sites is 1. The number of benzene rings is 1. The maximum Gasteiger partial charge on any atom is 0.253 e. The number of hydrogen-bond acceptors (Lipinski definition) is 7. The Kier molecular flexibility index (Phi) is 8.19. The molecule has 3 amide bonds. The molecule has 0 radical (unpaired) electrons. The van der Waals surface area contributed by atoms with Crippen molar-refractivity contribution in [2.45, 2.75) is 56.3 Å². The van der Waals surface area contributed by atoms with Crippen molar-refractivity contribution in [2.24, 2.45) is 5.73 Å². The molecule has 11 heteroatoms. The second-order valence-corrected chi connectivity index (χ2v) is 9.31. The number of thioether (sulfide) groups is 1. The second kappa shape index (κ2) is 11.7. The first-order chi connectivity index (χ1) is 17.0. The van der Waals surface area contributed by atoms with Crippen LogP contribution >= 0.6 is 11.8 Å². The van der Waals surface area contributed by atoms with Gasteiger partial charge in [0.25, 0.3) is 5.91 Å². The normalized spacial score (nSPS) is 13.6. The Morgan fingerprint density at radius 2 is 1.91 bits per heavy atom. The van der Waals surface area contributed by atoms with E-state index in [1.54, 1.807) is 36.6 Å². The number of anilines is 1. The Hall–Kier alpha value is -3.60. The van der Waals surface area contributed by atoms with Crippen LogP contribution in [0.2, 0.25) is 0 Å². The molecule has 1 aliphatic rings. The van der Waals surface area contributed by atoms with Gasteiger partial charge in [0, 0.05) is 18.9 Å². The third-order valence-electron chi connectivity index (χ3n) is 5.75. The van der Waals surface area contributed by atoms with Crippen LogP contribution in [0.3, 0.4) is 0 Å². The third kappa shape index (κ3) is 6.72. The number of carbonyl (C=O) groups is 3. The highest BCUT2D eigenvalue weighted by Crippen LogP contribution is 2.22. The molecule has 0 unspecified atom stereocenters. The summed E-state index contributed by atoms with van der Waals surface area (Å²) < 4.78 is 7.24. The summed E-state index contributed by atoms with van der Waals surface area (Å²) in [6, 6.07) is 10.8. The summed E-state index contributed by atoms with van der Waals surface area (Å²) in [7, 11) is 0. The fourth-order valence-corrected chi connectivity index (χ4v) is 4.76. The van der Waals surface area contributed by atoms with Gasteiger partial charge in [-0.2, -0.15) is 0 Å². The lowest BCUT2D eigenvalue weighted by molar-refractivity contribution is -0.118. The highest BCUT2D eigenvalue weighted by atomic mass is 32.2. The van der Waals surface area contributed by atoms with Crippen LogP contribution in [0.25, 0.3) is 0 Å². The summed E-state index contributed by atoms with van der Waals surface area (Å²) in [5.74, 6) is 0.447. The van der Waals surface area contributed by atoms with E-state index >= 15 is 0 Å². The predicted molar refractivity (Wildman–Crippen MR) is 131 cm³/mol. The second-order valence-electron chi connectivity index (χ2n) is 8.37. The SMILES string of the molecule is NC(=O)CCc1nnc(SCC(=O)Nc2ccccc2C(=O)NC2CCCC2)n1Cc1ccco1. The molecule has 0 spiro atoms. The molecule has 1 aliphatic carbocycles.